The Hall–Kier alpha value is 1.88. The zero-order chi connectivity index (χ0) is 8.00. The van der Waals surface area contributed by atoms with Crippen molar-refractivity contribution in [3.05, 3.63) is 26.3 Å². The fourth-order valence-corrected chi connectivity index (χ4v) is 0. The van der Waals surface area contributed by atoms with Crippen LogP contribution >= 0.6 is 0 Å². The molecule has 0 spiro atoms. The molecule has 2 radical (unpaired) electrons. The van der Waals surface area contributed by atoms with Gasteiger partial charge in [-0.1, -0.05) is 0 Å². The Labute approximate surface area is 172 Å². The minimum Gasteiger partial charge on any atom is -0.512 e. The van der Waals surface area contributed by atoms with E-state index in [1.807, 2.05) is 0 Å². The van der Waals surface area contributed by atoms with Crippen LogP contribution in [0.5, 0.6) is 0 Å². The molecule has 56 valence electrons. The standard InChI is InChI=1S/4CN.2K.H2O.Pt/c4*1-2;;;;/h;;;;;;1H2;/q4*-1;;;;+4. The van der Waals surface area contributed by atoms with Crippen LogP contribution in [-0.4, -0.2) is 108 Å². The summed E-state index contributed by atoms with van der Waals surface area (Å²) < 4.78 is 0. The van der Waals surface area contributed by atoms with Crippen molar-refractivity contribution in [3.8, 4) is 0 Å². The number of hydrogen-bond donors (Lipinski definition) is 0. The van der Waals surface area contributed by atoms with Crippen LogP contribution in [0.2, 0.25) is 0 Å². The number of nitrogens with zero attached hydrogens (tertiary/aromatic N) is 4. The van der Waals surface area contributed by atoms with Crippen molar-refractivity contribution in [1.29, 1.82) is 21.0 Å². The summed E-state index contributed by atoms with van der Waals surface area (Å²) in [6, 6.07) is 0. The molecule has 12 heavy (non-hydrogen) atoms. The molecule has 0 atom stereocenters. The molecule has 5 nitrogen and oxygen atoms in total. The SMILES string of the molecule is O.[C-]#N.[C-]#N.[C-]#N.[C-]#N.[K].[K].[Pt+4]. The van der Waals surface area contributed by atoms with Crippen molar-refractivity contribution in [1.82, 2.24) is 0 Å². The van der Waals surface area contributed by atoms with Gasteiger partial charge in [0.25, 0.3) is 0 Å². The first-order chi connectivity index (χ1) is 4.00. The van der Waals surface area contributed by atoms with Crippen LogP contribution in [0.25, 0.3) is 0 Å². The van der Waals surface area contributed by atoms with Crippen molar-refractivity contribution < 1.29 is 26.5 Å². The normalized spacial score (nSPS) is 0.667. The van der Waals surface area contributed by atoms with E-state index in [1.54, 1.807) is 0 Å². The molecule has 0 aliphatic heterocycles. The average molecular weight is 395 g/mol. The van der Waals surface area contributed by atoms with E-state index in [9.17, 15) is 0 Å². The van der Waals surface area contributed by atoms with Crippen molar-refractivity contribution in [2.24, 2.45) is 0 Å². The van der Waals surface area contributed by atoms with Crippen LogP contribution in [0.1, 0.15) is 0 Å². The predicted molar refractivity (Wildman–Crippen MR) is 35.0 cm³/mol. The molecule has 0 unspecified atom stereocenters. The molecule has 0 amide bonds. The van der Waals surface area contributed by atoms with Gasteiger partial charge in [0.1, 0.15) is 0 Å². The fourth-order valence-electron chi connectivity index (χ4n) is 0. The van der Waals surface area contributed by atoms with E-state index < -0.39 is 0 Å². The molecule has 0 aliphatic rings. The van der Waals surface area contributed by atoms with Gasteiger partial charge in [-0.25, -0.2) is 0 Å². The van der Waals surface area contributed by atoms with Gasteiger partial charge in [-0.3, -0.25) is 0 Å². The van der Waals surface area contributed by atoms with Gasteiger partial charge >= 0.3 is 21.1 Å². The smallest absolute Gasteiger partial charge is 0.512 e. The summed E-state index contributed by atoms with van der Waals surface area (Å²) in [5, 5.41) is 25.0. The maximum atomic E-state index is 6.25. The van der Waals surface area contributed by atoms with Gasteiger partial charge in [-0.2, -0.15) is 0 Å². The van der Waals surface area contributed by atoms with Crippen molar-refractivity contribution in [3.63, 3.8) is 0 Å². The summed E-state index contributed by atoms with van der Waals surface area (Å²) in [5.41, 5.74) is 0. The largest absolute Gasteiger partial charge is 4.00 e. The van der Waals surface area contributed by atoms with Crippen molar-refractivity contribution in [2.75, 3.05) is 0 Å². The molecule has 0 bridgehead atoms. The monoisotopic (exact) mass is 395 g/mol. The van der Waals surface area contributed by atoms with Crippen LogP contribution in [0.4, 0.5) is 0 Å². The van der Waals surface area contributed by atoms with Gasteiger partial charge in [-0.05, 0) is 0 Å². The van der Waals surface area contributed by atoms with Crippen LogP contribution in [0.15, 0.2) is 0 Å². The Bertz CT molecular complexity index is 68.0. The summed E-state index contributed by atoms with van der Waals surface area (Å²) in [7, 11) is 0. The van der Waals surface area contributed by atoms with E-state index in [2.05, 4.69) is 0 Å². The number of rotatable bonds is 0. The molecule has 0 aromatic carbocycles. The van der Waals surface area contributed by atoms with Crippen molar-refractivity contribution in [2.45, 2.75) is 0 Å². The molecule has 8 heteroatoms. The molecule has 0 heterocycles. The van der Waals surface area contributed by atoms with E-state index in [1.165, 1.54) is 0 Å². The Balaban J connectivity index is -0.00000000267. The zero-order valence-corrected chi connectivity index (χ0v) is 15.1. The second-order valence-electron chi connectivity index (χ2n) is 0. The Morgan fingerprint density at radius 2 is 0.500 bits per heavy atom. The molecule has 0 rings (SSSR count). The van der Waals surface area contributed by atoms with Gasteiger partial charge in [0.05, 0.1) is 0 Å². The maximum Gasteiger partial charge on any atom is 4.00 e. The van der Waals surface area contributed by atoms with Crippen LogP contribution in [0, 0.1) is 47.3 Å². The van der Waals surface area contributed by atoms with E-state index in [4.69, 9.17) is 47.3 Å². The minimum atomic E-state index is 0. The van der Waals surface area contributed by atoms with Crippen molar-refractivity contribution >= 4 is 103 Å². The third kappa shape index (κ3) is 398. The molecule has 0 saturated heterocycles. The Kier molecular flexibility index (Phi) is 2850. The Morgan fingerprint density at radius 1 is 0.500 bits per heavy atom. The molecular weight excluding hydrogens is 393 g/mol. The maximum absolute atomic E-state index is 6.25. The van der Waals surface area contributed by atoms with E-state index in [-0.39, 0.29) is 129 Å². The topological polar surface area (TPSA) is 127 Å². The molecule has 0 aromatic rings. The fraction of sp³-hybridized carbons (Fsp3) is 0. The van der Waals surface area contributed by atoms with Gasteiger partial charge < -0.3 is 52.8 Å². The predicted octanol–water partition coefficient (Wildman–Crippen LogP) is -1.20. The zero-order valence-electron chi connectivity index (χ0n) is 6.61. The summed E-state index contributed by atoms with van der Waals surface area (Å²) in [6.45, 7) is 19.0. The first-order valence-electron chi connectivity index (χ1n) is 0.894. The molecular formula is C4H2K2N4OPt. The number of hydrogen-bond acceptors (Lipinski definition) is 4. The first-order valence-corrected chi connectivity index (χ1v) is 0.894. The molecule has 0 aliphatic carbocycles. The van der Waals surface area contributed by atoms with Gasteiger partial charge in [-0.15, -0.1) is 0 Å². The van der Waals surface area contributed by atoms with Gasteiger partial charge in [0, 0.05) is 103 Å². The minimum absolute atomic E-state index is 0. The Morgan fingerprint density at radius 3 is 0.500 bits per heavy atom. The van der Waals surface area contributed by atoms with Crippen LogP contribution in [-0.2, 0) is 21.1 Å². The average Bonchev–Trinajstić information content (AvgIpc) is 2.03. The quantitative estimate of drug-likeness (QED) is 0.377. The summed E-state index contributed by atoms with van der Waals surface area (Å²) in [5.74, 6) is 0. The molecule has 0 aromatic heterocycles. The molecule has 0 fully saturated rings. The van der Waals surface area contributed by atoms with E-state index in [0.717, 1.165) is 0 Å². The third-order valence-corrected chi connectivity index (χ3v) is 0. The van der Waals surface area contributed by atoms with Crippen LogP contribution in [0.3, 0.4) is 0 Å². The summed E-state index contributed by atoms with van der Waals surface area (Å²) in [6.07, 6.45) is 0. The first kappa shape index (κ1) is 66.6. The summed E-state index contributed by atoms with van der Waals surface area (Å²) in [4.78, 5) is 0. The second kappa shape index (κ2) is 514. The summed E-state index contributed by atoms with van der Waals surface area (Å²) >= 11 is 0. The van der Waals surface area contributed by atoms with E-state index in [0.29, 0.717) is 0 Å². The second-order valence-corrected chi connectivity index (χ2v) is 0. The van der Waals surface area contributed by atoms with Gasteiger partial charge in [0.2, 0.25) is 0 Å². The third-order valence-electron chi connectivity index (χ3n) is 0. The van der Waals surface area contributed by atoms with Gasteiger partial charge in [0.15, 0.2) is 0 Å². The molecule has 0 saturated carbocycles. The molecule has 2 N–H and O–H groups in total. The van der Waals surface area contributed by atoms with Crippen LogP contribution < -0.4 is 0 Å². The van der Waals surface area contributed by atoms with E-state index >= 15 is 0 Å².